The van der Waals surface area contributed by atoms with Crippen LogP contribution in [-0.4, -0.2) is 34.7 Å². The van der Waals surface area contributed by atoms with Crippen LogP contribution >= 0.6 is 0 Å². The van der Waals surface area contributed by atoms with Crippen molar-refractivity contribution in [1.29, 1.82) is 0 Å². The number of halogens is 1. The van der Waals surface area contributed by atoms with Crippen LogP contribution in [0.15, 0.2) is 23.1 Å². The quantitative estimate of drug-likeness (QED) is 0.709. The average Bonchev–Trinajstić information content (AvgIpc) is 2.37. The molecule has 0 bridgehead atoms. The molecule has 1 rings (SSSR count). The molecule has 0 fully saturated rings. The fourth-order valence-corrected chi connectivity index (χ4v) is 2.66. The largest absolute Gasteiger partial charge is 0.377 e. The van der Waals surface area contributed by atoms with Crippen molar-refractivity contribution in [1.82, 2.24) is 10.0 Å². The highest BCUT2D eigenvalue weighted by molar-refractivity contribution is 7.89. The van der Waals surface area contributed by atoms with E-state index in [9.17, 15) is 12.8 Å². The van der Waals surface area contributed by atoms with Crippen LogP contribution in [-0.2, 0) is 21.3 Å². The normalized spacial score (nSPS) is 12.1. The monoisotopic (exact) mass is 304 g/mol. The molecule has 1 aromatic carbocycles. The summed E-state index contributed by atoms with van der Waals surface area (Å²) in [5.41, 5.74) is 0.314. The number of ether oxygens (including phenoxy) is 1. The van der Waals surface area contributed by atoms with Gasteiger partial charge in [-0.25, -0.2) is 17.5 Å². The molecule has 0 unspecified atom stereocenters. The zero-order valence-electron chi connectivity index (χ0n) is 11.9. The van der Waals surface area contributed by atoms with Crippen LogP contribution in [0.5, 0.6) is 0 Å². The zero-order chi connectivity index (χ0) is 15.2. The summed E-state index contributed by atoms with van der Waals surface area (Å²) in [5.74, 6) is -0.429. The maximum Gasteiger partial charge on any atom is 0.240 e. The molecule has 0 saturated heterocycles. The third-order valence-electron chi connectivity index (χ3n) is 2.54. The van der Waals surface area contributed by atoms with Gasteiger partial charge in [-0.2, -0.15) is 0 Å². The van der Waals surface area contributed by atoms with Crippen molar-refractivity contribution in [3.8, 4) is 0 Å². The van der Waals surface area contributed by atoms with E-state index in [0.717, 1.165) is 6.07 Å². The predicted octanol–water partition coefficient (Wildman–Crippen LogP) is 1.25. The highest BCUT2D eigenvalue weighted by Gasteiger charge is 2.15. The van der Waals surface area contributed by atoms with Crippen molar-refractivity contribution >= 4 is 10.0 Å². The van der Waals surface area contributed by atoms with Crippen LogP contribution in [0.25, 0.3) is 0 Å². The maximum atomic E-state index is 13.5. The standard InChI is InChI=1S/C13H21FN2O3S/c1-10(2)19-7-6-16-20(17,18)12-4-5-13(14)11(8-12)9-15-3/h4-5,8,10,15-16H,6-7,9H2,1-3H3. The lowest BCUT2D eigenvalue weighted by Crippen LogP contribution is -2.28. The lowest BCUT2D eigenvalue weighted by molar-refractivity contribution is 0.0834. The molecule has 7 heteroatoms. The number of rotatable bonds is 8. The van der Waals surface area contributed by atoms with Crippen LogP contribution in [0.1, 0.15) is 19.4 Å². The predicted molar refractivity (Wildman–Crippen MR) is 75.4 cm³/mol. The Labute approximate surface area is 119 Å². The number of hydrogen-bond donors (Lipinski definition) is 2. The van der Waals surface area contributed by atoms with Gasteiger partial charge in [-0.3, -0.25) is 0 Å². The van der Waals surface area contributed by atoms with Crippen molar-refractivity contribution in [3.63, 3.8) is 0 Å². The lowest BCUT2D eigenvalue weighted by Gasteiger charge is -2.10. The second-order valence-corrected chi connectivity index (χ2v) is 6.37. The van der Waals surface area contributed by atoms with Crippen molar-refractivity contribution in [2.24, 2.45) is 0 Å². The SMILES string of the molecule is CNCc1cc(S(=O)(=O)NCCOC(C)C)ccc1F. The Kier molecular flexibility index (Phi) is 6.54. The van der Waals surface area contributed by atoms with E-state index in [1.165, 1.54) is 12.1 Å². The van der Waals surface area contributed by atoms with E-state index in [1.54, 1.807) is 7.05 Å². The minimum absolute atomic E-state index is 0.0487. The maximum absolute atomic E-state index is 13.5. The van der Waals surface area contributed by atoms with Crippen LogP contribution in [0.2, 0.25) is 0 Å². The highest BCUT2D eigenvalue weighted by atomic mass is 32.2. The Balaban J connectivity index is 2.74. The molecule has 0 aliphatic carbocycles. The smallest absolute Gasteiger partial charge is 0.240 e. The van der Waals surface area contributed by atoms with E-state index < -0.39 is 15.8 Å². The summed E-state index contributed by atoms with van der Waals surface area (Å²) >= 11 is 0. The van der Waals surface area contributed by atoms with Crippen LogP contribution in [0, 0.1) is 5.82 Å². The van der Waals surface area contributed by atoms with Gasteiger partial charge in [-0.05, 0) is 39.1 Å². The highest BCUT2D eigenvalue weighted by Crippen LogP contribution is 2.14. The Morgan fingerprint density at radius 3 is 2.65 bits per heavy atom. The molecule has 0 heterocycles. The van der Waals surface area contributed by atoms with Gasteiger partial charge in [0.1, 0.15) is 5.82 Å². The van der Waals surface area contributed by atoms with Gasteiger partial charge in [0.25, 0.3) is 0 Å². The van der Waals surface area contributed by atoms with E-state index in [1.807, 2.05) is 13.8 Å². The van der Waals surface area contributed by atoms with E-state index in [0.29, 0.717) is 12.2 Å². The molecule has 2 N–H and O–H groups in total. The summed E-state index contributed by atoms with van der Waals surface area (Å²) in [6.45, 7) is 4.49. The molecule has 1 aromatic rings. The van der Waals surface area contributed by atoms with Gasteiger partial charge in [0.2, 0.25) is 10.0 Å². The summed E-state index contributed by atoms with van der Waals surface area (Å²) in [7, 11) is -1.97. The molecule has 0 radical (unpaired) electrons. The minimum atomic E-state index is -3.64. The average molecular weight is 304 g/mol. The van der Waals surface area contributed by atoms with Crippen molar-refractivity contribution in [3.05, 3.63) is 29.6 Å². The molecular weight excluding hydrogens is 283 g/mol. The van der Waals surface area contributed by atoms with Gasteiger partial charge >= 0.3 is 0 Å². The second kappa shape index (κ2) is 7.68. The summed E-state index contributed by atoms with van der Waals surface area (Å²) in [6, 6.07) is 3.74. The molecular formula is C13H21FN2O3S. The molecule has 0 aliphatic rings. The van der Waals surface area contributed by atoms with Gasteiger partial charge in [-0.1, -0.05) is 0 Å². The molecule has 5 nitrogen and oxygen atoms in total. The number of sulfonamides is 1. The Bertz CT molecular complexity index is 532. The molecule has 0 spiro atoms. The second-order valence-electron chi connectivity index (χ2n) is 4.60. The molecule has 0 aromatic heterocycles. The third kappa shape index (κ3) is 5.16. The van der Waals surface area contributed by atoms with Gasteiger partial charge in [0.15, 0.2) is 0 Å². The van der Waals surface area contributed by atoms with E-state index in [2.05, 4.69) is 10.0 Å². The summed E-state index contributed by atoms with van der Waals surface area (Å²) < 4.78 is 45.2. The molecule has 0 saturated carbocycles. The summed E-state index contributed by atoms with van der Waals surface area (Å²) in [5, 5.41) is 2.79. The van der Waals surface area contributed by atoms with Gasteiger partial charge in [0, 0.05) is 18.7 Å². The van der Waals surface area contributed by atoms with Crippen LogP contribution in [0.4, 0.5) is 4.39 Å². The van der Waals surface area contributed by atoms with E-state index in [4.69, 9.17) is 4.74 Å². The molecule has 0 amide bonds. The fraction of sp³-hybridized carbons (Fsp3) is 0.538. The summed E-state index contributed by atoms with van der Waals surface area (Å²) in [4.78, 5) is 0.0497. The first-order valence-electron chi connectivity index (χ1n) is 6.41. The van der Waals surface area contributed by atoms with E-state index in [-0.39, 0.29) is 24.1 Å². The molecule has 20 heavy (non-hydrogen) atoms. The summed E-state index contributed by atoms with van der Waals surface area (Å²) in [6.07, 6.45) is 0.0487. The number of nitrogens with one attached hydrogen (secondary N) is 2. The Hall–Kier alpha value is -1.02. The fourth-order valence-electron chi connectivity index (χ4n) is 1.60. The Morgan fingerprint density at radius 1 is 1.35 bits per heavy atom. The van der Waals surface area contributed by atoms with Gasteiger partial charge in [-0.15, -0.1) is 0 Å². The number of hydrogen-bond acceptors (Lipinski definition) is 4. The topological polar surface area (TPSA) is 67.4 Å². The van der Waals surface area contributed by atoms with Crippen molar-refractivity contribution in [2.75, 3.05) is 20.2 Å². The number of benzene rings is 1. The van der Waals surface area contributed by atoms with E-state index >= 15 is 0 Å². The van der Waals surface area contributed by atoms with Crippen LogP contribution < -0.4 is 10.0 Å². The molecule has 0 atom stereocenters. The molecule has 114 valence electrons. The van der Waals surface area contributed by atoms with Crippen molar-refractivity contribution < 1.29 is 17.5 Å². The zero-order valence-corrected chi connectivity index (χ0v) is 12.8. The first-order valence-corrected chi connectivity index (χ1v) is 7.89. The molecule has 0 aliphatic heterocycles. The van der Waals surface area contributed by atoms with Gasteiger partial charge < -0.3 is 10.1 Å². The Morgan fingerprint density at radius 2 is 2.05 bits per heavy atom. The van der Waals surface area contributed by atoms with Gasteiger partial charge in [0.05, 0.1) is 17.6 Å². The first-order chi connectivity index (χ1) is 9.36. The first kappa shape index (κ1) is 17.0. The van der Waals surface area contributed by atoms with Crippen LogP contribution in [0.3, 0.4) is 0 Å². The van der Waals surface area contributed by atoms with Crippen molar-refractivity contribution in [2.45, 2.75) is 31.4 Å². The minimum Gasteiger partial charge on any atom is -0.377 e. The third-order valence-corrected chi connectivity index (χ3v) is 4.00. The lowest BCUT2D eigenvalue weighted by atomic mass is 10.2.